The van der Waals surface area contributed by atoms with Crippen LogP contribution in [0.1, 0.15) is 60.3 Å². The zero-order chi connectivity index (χ0) is 23.4. The van der Waals surface area contributed by atoms with Crippen LogP contribution in [-0.4, -0.2) is 37.7 Å². The van der Waals surface area contributed by atoms with Crippen LogP contribution in [-0.2, 0) is 4.74 Å². The van der Waals surface area contributed by atoms with E-state index in [1.807, 2.05) is 24.3 Å². The monoisotopic (exact) mass is 469 g/mol. The molecule has 0 aliphatic carbocycles. The van der Waals surface area contributed by atoms with Crippen molar-refractivity contribution in [2.45, 2.75) is 38.6 Å². The predicted molar refractivity (Wildman–Crippen MR) is 128 cm³/mol. The summed E-state index contributed by atoms with van der Waals surface area (Å²) in [4.78, 5) is 28.3. The van der Waals surface area contributed by atoms with E-state index in [2.05, 4.69) is 6.92 Å². The van der Waals surface area contributed by atoms with Gasteiger partial charge >= 0.3 is 0 Å². The molecule has 2 aromatic carbocycles. The Morgan fingerprint density at radius 2 is 1.82 bits per heavy atom. The normalized spacial score (nSPS) is 15.3. The maximum atomic E-state index is 13.5. The minimum Gasteiger partial charge on any atom is -0.494 e. The van der Waals surface area contributed by atoms with Gasteiger partial charge in [-0.05, 0) is 42.3 Å². The largest absolute Gasteiger partial charge is 0.494 e. The number of ether oxygens (including phenoxy) is 2. The highest BCUT2D eigenvalue weighted by molar-refractivity contribution is 6.31. The van der Waals surface area contributed by atoms with Crippen LogP contribution in [0.2, 0.25) is 5.02 Å². The Balaban J connectivity index is 1.69. The molecular formula is C26H28ClNO5. The van der Waals surface area contributed by atoms with Gasteiger partial charge in [0.25, 0.3) is 5.91 Å². The molecule has 2 heterocycles. The molecule has 0 radical (unpaired) electrons. The summed E-state index contributed by atoms with van der Waals surface area (Å²) in [5.41, 5.74) is 1.24. The van der Waals surface area contributed by atoms with Gasteiger partial charge in [-0.3, -0.25) is 9.59 Å². The third-order valence-electron chi connectivity index (χ3n) is 5.93. The number of amides is 1. The predicted octanol–water partition coefficient (Wildman–Crippen LogP) is 5.60. The van der Waals surface area contributed by atoms with E-state index in [0.717, 1.165) is 24.2 Å². The SMILES string of the molecule is CCCCCCOc1ccc(C2c3c(oc4ccc(Cl)cc4c3=O)C(=O)N2CCOC)cc1. The number of carbonyl (C=O) groups is 1. The van der Waals surface area contributed by atoms with Crippen LogP contribution in [0.15, 0.2) is 51.7 Å². The summed E-state index contributed by atoms with van der Waals surface area (Å²) in [6.45, 7) is 3.52. The highest BCUT2D eigenvalue weighted by atomic mass is 35.5. The molecule has 1 amide bonds. The molecule has 6 nitrogen and oxygen atoms in total. The smallest absolute Gasteiger partial charge is 0.290 e. The molecule has 1 aromatic heterocycles. The van der Waals surface area contributed by atoms with Crippen LogP contribution in [0.5, 0.6) is 5.75 Å². The van der Waals surface area contributed by atoms with Crippen LogP contribution < -0.4 is 10.2 Å². The highest BCUT2D eigenvalue weighted by Gasteiger charge is 2.42. The Bertz CT molecular complexity index is 1190. The van der Waals surface area contributed by atoms with Crippen molar-refractivity contribution in [3.05, 3.63) is 74.6 Å². The lowest BCUT2D eigenvalue weighted by Crippen LogP contribution is -2.32. The van der Waals surface area contributed by atoms with Crippen LogP contribution in [0.3, 0.4) is 0 Å². The summed E-state index contributed by atoms with van der Waals surface area (Å²) in [5.74, 6) is 0.519. The van der Waals surface area contributed by atoms with Gasteiger partial charge in [-0.25, -0.2) is 0 Å². The first-order valence-corrected chi connectivity index (χ1v) is 11.7. The van der Waals surface area contributed by atoms with Gasteiger partial charge in [0.05, 0.1) is 30.2 Å². The van der Waals surface area contributed by atoms with Gasteiger partial charge in [-0.1, -0.05) is 49.9 Å². The summed E-state index contributed by atoms with van der Waals surface area (Å²) < 4.78 is 17.0. The van der Waals surface area contributed by atoms with Crippen molar-refractivity contribution in [1.29, 1.82) is 0 Å². The molecule has 7 heteroatoms. The zero-order valence-corrected chi connectivity index (χ0v) is 19.7. The number of methoxy groups -OCH3 is 1. The lowest BCUT2D eigenvalue weighted by Gasteiger charge is -2.25. The Kier molecular flexibility index (Phi) is 7.36. The van der Waals surface area contributed by atoms with E-state index in [1.165, 1.54) is 12.8 Å². The number of benzene rings is 2. The van der Waals surface area contributed by atoms with E-state index in [0.29, 0.717) is 41.3 Å². The molecule has 0 fully saturated rings. The Hall–Kier alpha value is -2.83. The average Bonchev–Trinajstić information content (AvgIpc) is 3.10. The Morgan fingerprint density at radius 3 is 2.55 bits per heavy atom. The first-order chi connectivity index (χ1) is 16.0. The molecule has 1 atom stereocenters. The molecule has 0 bridgehead atoms. The third kappa shape index (κ3) is 4.77. The van der Waals surface area contributed by atoms with Crippen LogP contribution in [0.25, 0.3) is 11.0 Å². The zero-order valence-electron chi connectivity index (χ0n) is 18.9. The fourth-order valence-corrected chi connectivity index (χ4v) is 4.40. The topological polar surface area (TPSA) is 69.0 Å². The number of halogens is 1. The summed E-state index contributed by atoms with van der Waals surface area (Å²) >= 11 is 6.12. The summed E-state index contributed by atoms with van der Waals surface area (Å²) in [6, 6.07) is 11.8. The number of rotatable bonds is 10. The van der Waals surface area contributed by atoms with Crippen LogP contribution >= 0.6 is 11.6 Å². The van der Waals surface area contributed by atoms with Crippen molar-refractivity contribution in [3.63, 3.8) is 0 Å². The molecule has 174 valence electrons. The minimum absolute atomic E-state index is 0.0761. The minimum atomic E-state index is -0.569. The van der Waals surface area contributed by atoms with Gasteiger partial charge in [0.1, 0.15) is 11.3 Å². The number of hydrogen-bond acceptors (Lipinski definition) is 5. The Morgan fingerprint density at radius 1 is 1.03 bits per heavy atom. The summed E-state index contributed by atoms with van der Waals surface area (Å²) in [5, 5.41) is 0.798. The molecule has 0 spiro atoms. The fourth-order valence-electron chi connectivity index (χ4n) is 4.22. The maximum Gasteiger partial charge on any atom is 0.290 e. The lowest BCUT2D eigenvalue weighted by molar-refractivity contribution is 0.0663. The van der Waals surface area contributed by atoms with E-state index < -0.39 is 6.04 Å². The highest BCUT2D eigenvalue weighted by Crippen LogP contribution is 2.38. The second-order valence-corrected chi connectivity index (χ2v) is 8.62. The van der Waals surface area contributed by atoms with E-state index in [1.54, 1.807) is 30.2 Å². The summed E-state index contributed by atoms with van der Waals surface area (Å²) in [6.07, 6.45) is 4.56. The second-order valence-electron chi connectivity index (χ2n) is 8.19. The molecule has 1 aliphatic heterocycles. The second kappa shape index (κ2) is 10.4. The van der Waals surface area contributed by atoms with Crippen molar-refractivity contribution < 1.29 is 18.7 Å². The molecule has 1 unspecified atom stereocenters. The number of unbranched alkanes of at least 4 members (excludes halogenated alkanes) is 3. The quantitative estimate of drug-likeness (QED) is 0.361. The first-order valence-electron chi connectivity index (χ1n) is 11.3. The standard InChI is InChI=1S/C26H28ClNO5/c1-3-4-5-6-14-32-19-10-7-17(8-11-19)23-22-24(29)20-16-18(27)9-12-21(20)33-25(22)26(30)28(23)13-15-31-2/h7-12,16,23H,3-6,13-15H2,1-2H3. The molecular weight excluding hydrogens is 442 g/mol. The van der Waals surface area contributed by atoms with Crippen molar-refractivity contribution in [3.8, 4) is 5.75 Å². The van der Waals surface area contributed by atoms with Gasteiger partial charge in [-0.2, -0.15) is 0 Å². The number of nitrogens with zero attached hydrogens (tertiary/aromatic N) is 1. The van der Waals surface area contributed by atoms with Gasteiger partial charge in [0, 0.05) is 18.7 Å². The van der Waals surface area contributed by atoms with E-state index in [9.17, 15) is 9.59 Å². The number of fused-ring (bicyclic) bond motifs is 2. The van der Waals surface area contributed by atoms with Gasteiger partial charge in [-0.15, -0.1) is 0 Å². The number of carbonyl (C=O) groups excluding carboxylic acids is 1. The maximum absolute atomic E-state index is 13.5. The molecule has 1 aliphatic rings. The van der Waals surface area contributed by atoms with E-state index in [4.69, 9.17) is 25.5 Å². The molecule has 3 aromatic rings. The molecule has 0 saturated carbocycles. The number of hydrogen-bond donors (Lipinski definition) is 0. The van der Waals surface area contributed by atoms with Crippen molar-refractivity contribution >= 4 is 28.5 Å². The van der Waals surface area contributed by atoms with E-state index in [-0.39, 0.29) is 17.1 Å². The lowest BCUT2D eigenvalue weighted by atomic mass is 9.98. The van der Waals surface area contributed by atoms with Gasteiger partial charge in [0.15, 0.2) is 5.43 Å². The van der Waals surface area contributed by atoms with Crippen molar-refractivity contribution in [2.75, 3.05) is 26.9 Å². The first kappa shape index (κ1) is 23.3. The van der Waals surface area contributed by atoms with Gasteiger partial charge < -0.3 is 18.8 Å². The molecule has 0 saturated heterocycles. The fraction of sp³-hybridized carbons (Fsp3) is 0.385. The summed E-state index contributed by atoms with van der Waals surface area (Å²) in [7, 11) is 1.58. The molecule has 4 rings (SSSR count). The molecule has 0 N–H and O–H groups in total. The van der Waals surface area contributed by atoms with E-state index >= 15 is 0 Å². The van der Waals surface area contributed by atoms with Crippen LogP contribution in [0, 0.1) is 0 Å². The van der Waals surface area contributed by atoms with Gasteiger partial charge in [0.2, 0.25) is 5.76 Å². The average molecular weight is 470 g/mol. The van der Waals surface area contributed by atoms with Crippen molar-refractivity contribution in [1.82, 2.24) is 4.90 Å². The Labute approximate surface area is 198 Å². The third-order valence-corrected chi connectivity index (χ3v) is 6.16. The van der Waals surface area contributed by atoms with Crippen LogP contribution in [0.4, 0.5) is 0 Å². The molecule has 33 heavy (non-hydrogen) atoms. The van der Waals surface area contributed by atoms with Crippen molar-refractivity contribution in [2.24, 2.45) is 0 Å².